The summed E-state index contributed by atoms with van der Waals surface area (Å²) in [5, 5.41) is 12.3. The molecule has 0 unspecified atom stereocenters. The Hall–Kier alpha value is -4.82. The first-order valence-electron chi connectivity index (χ1n) is 12.9. The number of nitro benzene ring substituents is 1. The molecule has 2 aromatic carbocycles. The number of benzene rings is 2. The summed E-state index contributed by atoms with van der Waals surface area (Å²) in [6.45, 7) is 3.50. The van der Waals surface area contributed by atoms with Gasteiger partial charge >= 0.3 is 5.97 Å². The number of nitrogens with zero attached hydrogens (tertiary/aromatic N) is 5. The van der Waals surface area contributed by atoms with Gasteiger partial charge in [-0.2, -0.15) is 0 Å². The van der Waals surface area contributed by atoms with Crippen molar-refractivity contribution in [2.75, 3.05) is 20.8 Å². The molecule has 0 radical (unpaired) electrons. The van der Waals surface area contributed by atoms with Gasteiger partial charge in [0.05, 0.1) is 46.4 Å². The van der Waals surface area contributed by atoms with Gasteiger partial charge in [0.2, 0.25) is 0 Å². The highest BCUT2D eigenvalue weighted by Gasteiger charge is 2.35. The number of esters is 1. The second-order valence-corrected chi connectivity index (χ2v) is 11.0. The van der Waals surface area contributed by atoms with E-state index in [1.165, 1.54) is 24.9 Å². The number of hydrogen-bond acceptors (Lipinski definition) is 12. The van der Waals surface area contributed by atoms with Gasteiger partial charge in [-0.25, -0.2) is 19.8 Å². The van der Waals surface area contributed by atoms with Gasteiger partial charge in [-0.1, -0.05) is 17.4 Å². The number of hydrogen-bond donors (Lipinski definition) is 0. The second kappa shape index (κ2) is 12.6. The topological polar surface area (TPSA) is 148 Å². The summed E-state index contributed by atoms with van der Waals surface area (Å²) < 4.78 is 18.1. The summed E-state index contributed by atoms with van der Waals surface area (Å²) in [4.78, 5) is 52.2. The van der Waals surface area contributed by atoms with E-state index in [-0.39, 0.29) is 22.4 Å². The summed E-state index contributed by atoms with van der Waals surface area (Å²) >= 11 is 2.17. The molecule has 0 amide bonds. The molecular weight excluding hydrogens is 594 g/mol. The summed E-state index contributed by atoms with van der Waals surface area (Å²) in [6, 6.07) is 10.5. The van der Waals surface area contributed by atoms with Crippen molar-refractivity contribution in [2.24, 2.45) is 4.99 Å². The number of rotatable bonds is 9. The molecule has 0 saturated heterocycles. The third-order valence-electron chi connectivity index (χ3n) is 6.47. The molecule has 220 valence electrons. The van der Waals surface area contributed by atoms with Crippen LogP contribution in [0.4, 0.5) is 5.69 Å². The number of carbonyl (C=O) groups is 1. The van der Waals surface area contributed by atoms with Crippen molar-refractivity contribution in [1.29, 1.82) is 0 Å². The smallest absolute Gasteiger partial charge is 0.338 e. The maximum absolute atomic E-state index is 14.0. The maximum Gasteiger partial charge on any atom is 0.338 e. The molecule has 0 fully saturated rings. The van der Waals surface area contributed by atoms with Gasteiger partial charge in [0.1, 0.15) is 17.5 Å². The average molecular weight is 620 g/mol. The van der Waals surface area contributed by atoms with Crippen LogP contribution in [0.1, 0.15) is 31.0 Å². The molecule has 0 saturated carbocycles. The molecule has 0 spiro atoms. The standard InChI is InChI=1S/C29H25N5O7S2/c1-5-41-27(36)24-16(2)32-29-33(25(24)19-15-18(39-3)8-9-21(19)40-4)26(35)23(43-29)14-17-7-10-22(20(13-17)34(37)38)42-28-30-11-6-12-31-28/h6-15,25H,5H2,1-4H3/b23-14+/t25-/m0/s1. The van der Waals surface area contributed by atoms with E-state index < -0.39 is 22.5 Å². The minimum atomic E-state index is -0.929. The van der Waals surface area contributed by atoms with Crippen molar-refractivity contribution < 1.29 is 23.9 Å². The summed E-state index contributed by atoms with van der Waals surface area (Å²) in [6.07, 6.45) is 4.67. The van der Waals surface area contributed by atoms with Crippen molar-refractivity contribution >= 4 is 40.8 Å². The van der Waals surface area contributed by atoms with Crippen LogP contribution in [0.3, 0.4) is 0 Å². The predicted molar refractivity (Wildman–Crippen MR) is 159 cm³/mol. The van der Waals surface area contributed by atoms with Crippen molar-refractivity contribution in [2.45, 2.75) is 29.9 Å². The van der Waals surface area contributed by atoms with Crippen LogP contribution in [0.2, 0.25) is 0 Å². The van der Waals surface area contributed by atoms with Gasteiger partial charge in [0.25, 0.3) is 11.2 Å². The van der Waals surface area contributed by atoms with Gasteiger partial charge in [-0.15, -0.1) is 0 Å². The second-order valence-electron chi connectivity index (χ2n) is 9.03. The Labute approximate surface area is 253 Å². The highest BCUT2D eigenvalue weighted by atomic mass is 32.2. The van der Waals surface area contributed by atoms with Crippen LogP contribution in [0.5, 0.6) is 11.5 Å². The van der Waals surface area contributed by atoms with Crippen molar-refractivity contribution in [3.63, 3.8) is 0 Å². The fraction of sp³-hybridized carbons (Fsp3) is 0.207. The van der Waals surface area contributed by atoms with Gasteiger partial charge in [-0.3, -0.25) is 19.5 Å². The normalized spacial score (nSPS) is 14.6. The van der Waals surface area contributed by atoms with E-state index >= 15 is 0 Å². The van der Waals surface area contributed by atoms with Gasteiger partial charge in [0.15, 0.2) is 9.96 Å². The molecule has 4 aromatic rings. The maximum atomic E-state index is 14.0. The lowest BCUT2D eigenvalue weighted by atomic mass is 9.94. The van der Waals surface area contributed by atoms with Crippen LogP contribution in [0, 0.1) is 10.1 Å². The molecule has 1 aliphatic heterocycles. The van der Waals surface area contributed by atoms with Crippen LogP contribution < -0.4 is 24.4 Å². The molecule has 43 heavy (non-hydrogen) atoms. The molecule has 0 aliphatic carbocycles. The zero-order valence-corrected chi connectivity index (χ0v) is 25.1. The number of fused-ring (bicyclic) bond motifs is 1. The molecule has 0 N–H and O–H groups in total. The largest absolute Gasteiger partial charge is 0.497 e. The van der Waals surface area contributed by atoms with Crippen molar-refractivity contribution in [3.05, 3.63) is 107 Å². The van der Waals surface area contributed by atoms with E-state index in [9.17, 15) is 19.7 Å². The van der Waals surface area contributed by atoms with Gasteiger partial charge < -0.3 is 14.2 Å². The lowest BCUT2D eigenvalue weighted by Gasteiger charge is -2.26. The molecular formula is C29H25N5O7S2. The minimum absolute atomic E-state index is 0.130. The number of allylic oxidation sites excluding steroid dienone is 1. The average Bonchev–Trinajstić information content (AvgIpc) is 3.31. The van der Waals surface area contributed by atoms with Crippen LogP contribution >= 0.6 is 23.1 Å². The molecule has 3 heterocycles. The molecule has 14 heteroatoms. The molecule has 0 bridgehead atoms. The Kier molecular flexibility index (Phi) is 8.68. The fourth-order valence-electron chi connectivity index (χ4n) is 4.58. The first-order valence-corrected chi connectivity index (χ1v) is 14.5. The molecule has 1 aliphatic rings. The Morgan fingerprint density at radius 2 is 1.93 bits per heavy atom. The monoisotopic (exact) mass is 619 g/mol. The minimum Gasteiger partial charge on any atom is -0.497 e. The van der Waals surface area contributed by atoms with Crippen molar-refractivity contribution in [3.8, 4) is 11.5 Å². The number of nitro groups is 1. The lowest BCUT2D eigenvalue weighted by Crippen LogP contribution is -2.40. The third kappa shape index (κ3) is 5.92. The van der Waals surface area contributed by atoms with E-state index in [2.05, 4.69) is 15.0 Å². The first-order chi connectivity index (χ1) is 20.7. The molecule has 5 rings (SSSR count). The van der Waals surface area contributed by atoms with E-state index in [1.54, 1.807) is 68.7 Å². The fourth-order valence-corrected chi connectivity index (χ4v) is 6.42. The molecule has 2 aromatic heterocycles. The summed E-state index contributed by atoms with van der Waals surface area (Å²) in [7, 11) is 3.01. The Morgan fingerprint density at radius 1 is 1.16 bits per heavy atom. The van der Waals surface area contributed by atoms with E-state index in [0.29, 0.717) is 43.2 Å². The number of carbonyl (C=O) groups excluding carboxylic acids is 1. The number of methoxy groups -OCH3 is 2. The number of aromatic nitrogens is 3. The van der Waals surface area contributed by atoms with Gasteiger partial charge in [-0.05, 0) is 67.6 Å². The Bertz CT molecular complexity index is 1940. The SMILES string of the molecule is CCOC(=O)C1=C(C)N=c2s/c(=C/c3ccc(Sc4ncccn4)c([N+](=O)[O-])c3)c(=O)n2[C@H]1c1cc(OC)ccc1OC. The molecule has 12 nitrogen and oxygen atoms in total. The van der Waals surface area contributed by atoms with Crippen LogP contribution in [0.15, 0.2) is 86.0 Å². The lowest BCUT2D eigenvalue weighted by molar-refractivity contribution is -0.387. The quantitative estimate of drug-likeness (QED) is 0.118. The van der Waals surface area contributed by atoms with Crippen LogP contribution in [-0.2, 0) is 9.53 Å². The number of ether oxygens (including phenoxy) is 3. The highest BCUT2D eigenvalue weighted by Crippen LogP contribution is 2.38. The Morgan fingerprint density at radius 3 is 2.60 bits per heavy atom. The number of thiazole rings is 1. The third-order valence-corrected chi connectivity index (χ3v) is 8.41. The highest BCUT2D eigenvalue weighted by molar-refractivity contribution is 7.99. The molecule has 1 atom stereocenters. The van der Waals surface area contributed by atoms with E-state index in [0.717, 1.165) is 23.1 Å². The van der Waals surface area contributed by atoms with E-state index in [1.807, 2.05) is 0 Å². The predicted octanol–water partition coefficient (Wildman–Crippen LogP) is 3.66. The van der Waals surface area contributed by atoms with Gasteiger partial charge in [0, 0.05) is 24.0 Å². The zero-order valence-electron chi connectivity index (χ0n) is 23.5. The zero-order chi connectivity index (χ0) is 30.7. The first kappa shape index (κ1) is 29.7. The summed E-state index contributed by atoms with van der Waals surface area (Å²) in [5.41, 5.74) is 0.929. The summed E-state index contributed by atoms with van der Waals surface area (Å²) in [5.74, 6) is 0.323. The van der Waals surface area contributed by atoms with E-state index in [4.69, 9.17) is 14.2 Å². The van der Waals surface area contributed by atoms with Crippen molar-refractivity contribution in [1.82, 2.24) is 14.5 Å². The Balaban J connectivity index is 1.67. The van der Waals surface area contributed by atoms with Crippen LogP contribution in [0.25, 0.3) is 6.08 Å². The van der Waals surface area contributed by atoms with Crippen LogP contribution in [-0.4, -0.2) is 46.3 Å².